The van der Waals surface area contributed by atoms with Gasteiger partial charge < -0.3 is 10.0 Å². The van der Waals surface area contributed by atoms with Crippen LogP contribution in [-0.2, 0) is 18.3 Å². The number of aromatic nitrogens is 3. The molecule has 22 heavy (non-hydrogen) atoms. The fraction of sp³-hybridized carbons (Fsp3) is 0.533. The summed E-state index contributed by atoms with van der Waals surface area (Å²) in [6.07, 6.45) is 0.183. The Bertz CT molecular complexity index is 760. The first-order chi connectivity index (χ1) is 10.4. The molecule has 0 bridgehead atoms. The van der Waals surface area contributed by atoms with E-state index in [1.165, 1.54) is 0 Å². The van der Waals surface area contributed by atoms with E-state index in [9.17, 15) is 9.59 Å². The summed E-state index contributed by atoms with van der Waals surface area (Å²) in [6.45, 7) is 6.35. The second-order valence-electron chi connectivity index (χ2n) is 5.37. The van der Waals surface area contributed by atoms with Gasteiger partial charge in [-0.2, -0.15) is 0 Å². The van der Waals surface area contributed by atoms with Gasteiger partial charge in [-0.1, -0.05) is 0 Å². The van der Waals surface area contributed by atoms with E-state index in [0.717, 1.165) is 16.8 Å². The molecule has 0 aliphatic carbocycles. The number of carbonyl (C=O) groups excluding carboxylic acids is 1. The van der Waals surface area contributed by atoms with E-state index >= 15 is 0 Å². The normalized spacial score (nSPS) is 11.1. The Morgan fingerprint density at radius 2 is 2.09 bits per heavy atom. The number of hydrogen-bond donors (Lipinski definition) is 2. The van der Waals surface area contributed by atoms with Crippen LogP contribution < -0.4 is 5.56 Å². The Balaban J connectivity index is 2.46. The largest absolute Gasteiger partial charge is 0.395 e. The maximum atomic E-state index is 12.4. The number of H-pyrrole nitrogens is 1. The molecule has 2 rings (SSSR count). The van der Waals surface area contributed by atoms with E-state index in [4.69, 9.17) is 5.11 Å². The van der Waals surface area contributed by atoms with E-state index in [-0.39, 0.29) is 24.5 Å². The van der Waals surface area contributed by atoms with Crippen molar-refractivity contribution in [3.63, 3.8) is 0 Å². The number of nitrogens with one attached hydrogen (secondary N) is 1. The van der Waals surface area contributed by atoms with Crippen LogP contribution in [0.25, 0.3) is 11.0 Å². The van der Waals surface area contributed by atoms with Gasteiger partial charge in [0, 0.05) is 25.8 Å². The molecule has 0 saturated carbocycles. The van der Waals surface area contributed by atoms with E-state index < -0.39 is 0 Å². The van der Waals surface area contributed by atoms with Gasteiger partial charge in [-0.3, -0.25) is 19.4 Å². The minimum atomic E-state index is -0.195. The second-order valence-corrected chi connectivity index (χ2v) is 5.37. The molecule has 2 N–H and O–H groups in total. The Morgan fingerprint density at radius 3 is 2.68 bits per heavy atom. The van der Waals surface area contributed by atoms with Gasteiger partial charge in [0.2, 0.25) is 5.91 Å². The molecule has 0 aliphatic rings. The average Bonchev–Trinajstić information content (AvgIpc) is 2.75. The number of amides is 1. The maximum absolute atomic E-state index is 12.4. The second kappa shape index (κ2) is 6.31. The number of likely N-dealkylation sites (N-methyl/N-ethyl adjacent to an activating group) is 1. The summed E-state index contributed by atoms with van der Waals surface area (Å²) in [6, 6.07) is 0. The third-order valence-corrected chi connectivity index (χ3v) is 4.01. The monoisotopic (exact) mass is 306 g/mol. The molecule has 0 aliphatic heterocycles. The summed E-state index contributed by atoms with van der Waals surface area (Å²) >= 11 is 0. The van der Waals surface area contributed by atoms with Crippen molar-refractivity contribution >= 4 is 16.9 Å². The molecule has 0 spiro atoms. The van der Waals surface area contributed by atoms with Gasteiger partial charge in [-0.25, -0.2) is 4.98 Å². The summed E-state index contributed by atoms with van der Waals surface area (Å²) in [5.41, 5.74) is 2.72. The lowest BCUT2D eigenvalue weighted by Gasteiger charge is -2.20. The summed E-state index contributed by atoms with van der Waals surface area (Å²) in [5, 5.41) is 12.2. The number of fused-ring (bicyclic) bond motifs is 1. The van der Waals surface area contributed by atoms with E-state index in [0.29, 0.717) is 24.1 Å². The summed E-state index contributed by atoms with van der Waals surface area (Å²) in [5.74, 6) is -0.0729. The zero-order valence-electron chi connectivity index (χ0n) is 13.4. The zero-order chi connectivity index (χ0) is 16.4. The first kappa shape index (κ1) is 16.2. The van der Waals surface area contributed by atoms with Crippen LogP contribution in [0.3, 0.4) is 0 Å². The Labute approximate surface area is 128 Å². The van der Waals surface area contributed by atoms with Crippen molar-refractivity contribution in [3.05, 3.63) is 27.2 Å². The Hall–Kier alpha value is -2.15. The molecule has 0 fully saturated rings. The molecule has 0 aromatic carbocycles. The lowest BCUT2D eigenvalue weighted by molar-refractivity contribution is -0.130. The topological polar surface area (TPSA) is 91.2 Å². The van der Waals surface area contributed by atoms with Gasteiger partial charge in [0.1, 0.15) is 0 Å². The van der Waals surface area contributed by atoms with Crippen molar-refractivity contribution in [2.24, 2.45) is 7.05 Å². The molecule has 0 atom stereocenters. The van der Waals surface area contributed by atoms with Gasteiger partial charge in [0.05, 0.1) is 18.4 Å². The Morgan fingerprint density at radius 1 is 1.41 bits per heavy atom. The standard InChI is InChI=1S/C15H22N4O3/c1-5-19(6-7-20)12(21)8-11-9(2)13-14(16-10(11)3)18(4)17-15(13)22/h20H,5-8H2,1-4H3,(H,17,22). The number of carbonyl (C=O) groups is 1. The van der Waals surface area contributed by atoms with Crippen molar-refractivity contribution in [2.45, 2.75) is 27.2 Å². The van der Waals surface area contributed by atoms with Crippen LogP contribution in [0, 0.1) is 13.8 Å². The molecular formula is C15H22N4O3. The van der Waals surface area contributed by atoms with E-state index in [2.05, 4.69) is 10.1 Å². The lowest BCUT2D eigenvalue weighted by Crippen LogP contribution is -2.34. The first-order valence-corrected chi connectivity index (χ1v) is 7.34. The molecule has 0 radical (unpaired) electrons. The van der Waals surface area contributed by atoms with Gasteiger partial charge in [0.25, 0.3) is 5.56 Å². The van der Waals surface area contributed by atoms with Gasteiger partial charge in [0.15, 0.2) is 5.65 Å². The quantitative estimate of drug-likeness (QED) is 0.829. The highest BCUT2D eigenvalue weighted by molar-refractivity contribution is 5.84. The minimum Gasteiger partial charge on any atom is -0.395 e. The number of aryl methyl sites for hydroxylation is 3. The molecule has 7 heteroatoms. The fourth-order valence-corrected chi connectivity index (χ4v) is 2.75. The van der Waals surface area contributed by atoms with Crippen LogP contribution in [0.5, 0.6) is 0 Å². The van der Waals surface area contributed by atoms with Crippen molar-refractivity contribution in [2.75, 3.05) is 19.7 Å². The van der Waals surface area contributed by atoms with Crippen LogP contribution in [0.1, 0.15) is 23.7 Å². The van der Waals surface area contributed by atoms with Gasteiger partial charge in [-0.05, 0) is 31.9 Å². The molecule has 2 heterocycles. The van der Waals surface area contributed by atoms with E-state index in [1.54, 1.807) is 16.6 Å². The highest BCUT2D eigenvalue weighted by Gasteiger charge is 2.19. The lowest BCUT2D eigenvalue weighted by atomic mass is 10.0. The van der Waals surface area contributed by atoms with Crippen LogP contribution in [-0.4, -0.2) is 50.4 Å². The fourth-order valence-electron chi connectivity index (χ4n) is 2.75. The molecule has 1 amide bonds. The number of aliphatic hydroxyl groups excluding tert-OH is 1. The summed E-state index contributed by atoms with van der Waals surface area (Å²) in [4.78, 5) is 30.4. The smallest absolute Gasteiger partial charge is 0.273 e. The molecule has 0 unspecified atom stereocenters. The van der Waals surface area contributed by atoms with Crippen LogP contribution in [0.4, 0.5) is 0 Å². The highest BCUT2D eigenvalue weighted by Crippen LogP contribution is 2.20. The van der Waals surface area contributed by atoms with Crippen molar-refractivity contribution in [1.82, 2.24) is 19.7 Å². The molecule has 7 nitrogen and oxygen atoms in total. The SMILES string of the molecule is CCN(CCO)C(=O)Cc1c(C)nc2c(c1C)c(=O)[nH]n2C. The molecule has 2 aromatic rings. The Kier molecular flexibility index (Phi) is 4.65. The number of pyridine rings is 1. The molecular weight excluding hydrogens is 284 g/mol. The summed E-state index contributed by atoms with van der Waals surface area (Å²) in [7, 11) is 1.74. The number of aromatic amines is 1. The van der Waals surface area contributed by atoms with E-state index in [1.807, 2.05) is 20.8 Å². The third kappa shape index (κ3) is 2.76. The molecule has 0 saturated heterocycles. The van der Waals surface area contributed by atoms with Crippen molar-refractivity contribution in [3.8, 4) is 0 Å². The summed E-state index contributed by atoms with van der Waals surface area (Å²) < 4.78 is 1.59. The van der Waals surface area contributed by atoms with Crippen LogP contribution in [0.2, 0.25) is 0 Å². The number of aliphatic hydroxyl groups is 1. The maximum Gasteiger partial charge on any atom is 0.273 e. The predicted octanol–water partition coefficient (Wildman–Crippen LogP) is 0.262. The highest BCUT2D eigenvalue weighted by atomic mass is 16.3. The van der Waals surface area contributed by atoms with Crippen molar-refractivity contribution < 1.29 is 9.90 Å². The molecule has 2 aromatic heterocycles. The number of nitrogens with zero attached hydrogens (tertiary/aromatic N) is 3. The predicted molar refractivity (Wildman–Crippen MR) is 83.9 cm³/mol. The van der Waals surface area contributed by atoms with Gasteiger partial charge >= 0.3 is 0 Å². The molecule has 120 valence electrons. The van der Waals surface area contributed by atoms with Gasteiger partial charge in [-0.15, -0.1) is 0 Å². The number of rotatable bonds is 5. The van der Waals surface area contributed by atoms with Crippen LogP contribution in [0.15, 0.2) is 4.79 Å². The minimum absolute atomic E-state index is 0.0623. The first-order valence-electron chi connectivity index (χ1n) is 7.34. The third-order valence-electron chi connectivity index (χ3n) is 4.01. The zero-order valence-corrected chi connectivity index (χ0v) is 13.4. The van der Waals surface area contributed by atoms with Crippen LogP contribution >= 0.6 is 0 Å². The average molecular weight is 306 g/mol. The van der Waals surface area contributed by atoms with Crippen molar-refractivity contribution in [1.29, 1.82) is 0 Å². The number of hydrogen-bond acceptors (Lipinski definition) is 4.